The first-order valence-electron chi connectivity index (χ1n) is 6.34. The summed E-state index contributed by atoms with van der Waals surface area (Å²) in [4.78, 5) is 16.4. The van der Waals surface area contributed by atoms with Crippen molar-refractivity contribution in [2.75, 3.05) is 11.1 Å². The molecule has 21 heavy (non-hydrogen) atoms. The number of fused-ring (bicyclic) bond motifs is 1. The molecular formula is C16H12ClN3O. The Balaban J connectivity index is 1.94. The van der Waals surface area contributed by atoms with E-state index in [1.54, 1.807) is 30.6 Å². The third-order valence-corrected chi connectivity index (χ3v) is 3.52. The van der Waals surface area contributed by atoms with Gasteiger partial charge in [-0.3, -0.25) is 9.78 Å². The third-order valence-electron chi connectivity index (χ3n) is 3.19. The Bertz CT molecular complexity index is 827. The van der Waals surface area contributed by atoms with E-state index >= 15 is 0 Å². The summed E-state index contributed by atoms with van der Waals surface area (Å²) in [5.74, 6) is -0.242. The van der Waals surface area contributed by atoms with Crippen molar-refractivity contribution in [3.8, 4) is 0 Å². The fourth-order valence-electron chi connectivity index (χ4n) is 2.09. The van der Waals surface area contributed by atoms with Crippen molar-refractivity contribution in [1.29, 1.82) is 0 Å². The van der Waals surface area contributed by atoms with Crippen molar-refractivity contribution in [3.05, 3.63) is 65.4 Å². The normalized spacial score (nSPS) is 10.5. The lowest BCUT2D eigenvalue weighted by Crippen LogP contribution is -2.12. The van der Waals surface area contributed by atoms with Crippen LogP contribution in [0.4, 0.5) is 11.4 Å². The number of carbonyl (C=O) groups is 1. The molecule has 0 fully saturated rings. The lowest BCUT2D eigenvalue weighted by Gasteiger charge is -2.09. The average Bonchev–Trinajstić information content (AvgIpc) is 2.50. The molecule has 0 spiro atoms. The fourth-order valence-corrected chi connectivity index (χ4v) is 2.27. The number of hydrogen-bond acceptors (Lipinski definition) is 3. The van der Waals surface area contributed by atoms with Gasteiger partial charge in [-0.1, -0.05) is 23.7 Å². The first-order valence-corrected chi connectivity index (χ1v) is 6.72. The molecule has 104 valence electrons. The van der Waals surface area contributed by atoms with Gasteiger partial charge in [0, 0.05) is 23.3 Å². The molecule has 2 aromatic carbocycles. The maximum atomic E-state index is 12.3. The van der Waals surface area contributed by atoms with E-state index in [2.05, 4.69) is 10.3 Å². The van der Waals surface area contributed by atoms with Crippen LogP contribution in [0.15, 0.2) is 54.9 Å². The minimum Gasteiger partial charge on any atom is -0.398 e. The number of pyridine rings is 1. The van der Waals surface area contributed by atoms with Gasteiger partial charge in [0.15, 0.2) is 0 Å². The van der Waals surface area contributed by atoms with Crippen molar-refractivity contribution < 1.29 is 4.79 Å². The van der Waals surface area contributed by atoms with Crippen LogP contribution in [-0.4, -0.2) is 10.9 Å². The lowest BCUT2D eigenvalue weighted by molar-refractivity contribution is 0.102. The highest BCUT2D eigenvalue weighted by Crippen LogP contribution is 2.24. The molecule has 1 heterocycles. The molecule has 1 aromatic heterocycles. The Morgan fingerprint density at radius 2 is 2.05 bits per heavy atom. The Hall–Kier alpha value is -2.59. The van der Waals surface area contributed by atoms with Crippen molar-refractivity contribution in [2.45, 2.75) is 0 Å². The third kappa shape index (κ3) is 2.66. The Labute approximate surface area is 126 Å². The van der Waals surface area contributed by atoms with E-state index in [0.29, 0.717) is 22.0 Å². The number of nitrogens with zero attached hydrogens (tertiary/aromatic N) is 1. The number of hydrogen-bond donors (Lipinski definition) is 2. The Morgan fingerprint density at radius 3 is 2.86 bits per heavy atom. The molecule has 0 radical (unpaired) electrons. The molecule has 0 atom stereocenters. The van der Waals surface area contributed by atoms with Gasteiger partial charge >= 0.3 is 0 Å². The van der Waals surface area contributed by atoms with E-state index in [0.717, 1.165) is 10.8 Å². The smallest absolute Gasteiger partial charge is 0.255 e. The number of nitrogens with two attached hydrogens (primary N) is 1. The zero-order valence-corrected chi connectivity index (χ0v) is 11.8. The van der Waals surface area contributed by atoms with Gasteiger partial charge in [0.05, 0.1) is 16.4 Å². The number of anilines is 2. The van der Waals surface area contributed by atoms with Gasteiger partial charge in [-0.25, -0.2) is 0 Å². The largest absolute Gasteiger partial charge is 0.398 e. The summed E-state index contributed by atoms with van der Waals surface area (Å²) >= 11 is 5.94. The molecule has 0 aliphatic rings. The highest BCUT2D eigenvalue weighted by molar-refractivity contribution is 6.33. The average molecular weight is 298 g/mol. The number of carbonyl (C=O) groups excluding carboxylic acids is 1. The number of benzene rings is 2. The van der Waals surface area contributed by atoms with Crippen LogP contribution in [0.3, 0.4) is 0 Å². The van der Waals surface area contributed by atoms with Crippen LogP contribution < -0.4 is 11.1 Å². The van der Waals surface area contributed by atoms with Crippen molar-refractivity contribution >= 4 is 39.7 Å². The highest BCUT2D eigenvalue weighted by atomic mass is 35.5. The monoisotopic (exact) mass is 297 g/mol. The molecule has 0 bridgehead atoms. The van der Waals surface area contributed by atoms with Gasteiger partial charge in [0.1, 0.15) is 0 Å². The van der Waals surface area contributed by atoms with E-state index in [1.807, 2.05) is 24.3 Å². The molecule has 3 rings (SSSR count). The van der Waals surface area contributed by atoms with E-state index in [4.69, 9.17) is 17.3 Å². The molecule has 0 aliphatic heterocycles. The van der Waals surface area contributed by atoms with E-state index in [1.165, 1.54) is 0 Å². The van der Waals surface area contributed by atoms with Gasteiger partial charge in [0.2, 0.25) is 0 Å². The molecule has 3 aromatic rings. The summed E-state index contributed by atoms with van der Waals surface area (Å²) in [6.07, 6.45) is 3.44. The maximum Gasteiger partial charge on any atom is 0.255 e. The summed E-state index contributed by atoms with van der Waals surface area (Å²) in [5, 5.41) is 5.13. The molecule has 0 aliphatic carbocycles. The topological polar surface area (TPSA) is 68.0 Å². The standard InChI is InChI=1S/C16H12ClN3O/c17-13-8-11(4-5-14(13)18)16(21)20-15-3-1-2-10-6-7-19-9-12(10)15/h1-9H,18H2,(H,20,21). The fraction of sp³-hybridized carbons (Fsp3) is 0. The molecule has 0 unspecified atom stereocenters. The highest BCUT2D eigenvalue weighted by Gasteiger charge is 2.10. The maximum absolute atomic E-state index is 12.3. The number of rotatable bonds is 2. The van der Waals surface area contributed by atoms with Crippen molar-refractivity contribution in [1.82, 2.24) is 4.98 Å². The van der Waals surface area contributed by atoms with Crippen molar-refractivity contribution in [2.24, 2.45) is 0 Å². The lowest BCUT2D eigenvalue weighted by atomic mass is 10.1. The Morgan fingerprint density at radius 1 is 1.19 bits per heavy atom. The second kappa shape index (κ2) is 5.42. The molecule has 4 nitrogen and oxygen atoms in total. The molecule has 3 N–H and O–H groups in total. The van der Waals surface area contributed by atoms with Gasteiger partial charge in [-0.15, -0.1) is 0 Å². The van der Waals surface area contributed by atoms with Gasteiger partial charge in [-0.2, -0.15) is 0 Å². The number of nitrogen functional groups attached to an aromatic ring is 1. The number of nitrogens with one attached hydrogen (secondary N) is 1. The van der Waals surface area contributed by atoms with Gasteiger partial charge in [0.25, 0.3) is 5.91 Å². The van der Waals surface area contributed by atoms with Crippen LogP contribution in [-0.2, 0) is 0 Å². The molecule has 0 saturated heterocycles. The second-order valence-electron chi connectivity index (χ2n) is 4.59. The van der Waals surface area contributed by atoms with Crippen LogP contribution in [0.25, 0.3) is 10.8 Å². The zero-order valence-electron chi connectivity index (χ0n) is 11.0. The number of halogens is 1. The number of amides is 1. The quantitative estimate of drug-likeness (QED) is 0.708. The molecule has 0 saturated carbocycles. The SMILES string of the molecule is Nc1ccc(C(=O)Nc2cccc3ccncc23)cc1Cl. The summed E-state index contributed by atoms with van der Waals surface area (Å²) in [6, 6.07) is 12.4. The minimum atomic E-state index is -0.242. The summed E-state index contributed by atoms with van der Waals surface area (Å²) < 4.78 is 0. The van der Waals surface area contributed by atoms with Gasteiger partial charge in [-0.05, 0) is 35.7 Å². The number of aromatic nitrogens is 1. The van der Waals surface area contributed by atoms with E-state index in [-0.39, 0.29) is 5.91 Å². The summed E-state index contributed by atoms with van der Waals surface area (Å²) in [7, 11) is 0. The summed E-state index contributed by atoms with van der Waals surface area (Å²) in [6.45, 7) is 0. The van der Waals surface area contributed by atoms with Crippen LogP contribution >= 0.6 is 11.6 Å². The van der Waals surface area contributed by atoms with Crippen molar-refractivity contribution in [3.63, 3.8) is 0 Å². The van der Waals surface area contributed by atoms with E-state index < -0.39 is 0 Å². The molecule has 1 amide bonds. The van der Waals surface area contributed by atoms with Crippen LogP contribution in [0.1, 0.15) is 10.4 Å². The predicted octanol–water partition coefficient (Wildman–Crippen LogP) is 3.72. The van der Waals surface area contributed by atoms with Gasteiger partial charge < -0.3 is 11.1 Å². The zero-order chi connectivity index (χ0) is 14.8. The predicted molar refractivity (Wildman–Crippen MR) is 85.6 cm³/mol. The first kappa shape index (κ1) is 13.4. The van der Waals surface area contributed by atoms with Crippen LogP contribution in [0, 0.1) is 0 Å². The van der Waals surface area contributed by atoms with Crippen LogP contribution in [0.2, 0.25) is 5.02 Å². The second-order valence-corrected chi connectivity index (χ2v) is 5.00. The molecular weight excluding hydrogens is 286 g/mol. The minimum absolute atomic E-state index is 0.242. The van der Waals surface area contributed by atoms with Crippen LogP contribution in [0.5, 0.6) is 0 Å². The Kier molecular flexibility index (Phi) is 3.46. The summed E-state index contributed by atoms with van der Waals surface area (Å²) in [5.41, 5.74) is 7.25. The molecule has 5 heteroatoms. The van der Waals surface area contributed by atoms with E-state index in [9.17, 15) is 4.79 Å². The first-order chi connectivity index (χ1) is 10.1.